The van der Waals surface area contributed by atoms with Gasteiger partial charge in [0.1, 0.15) is 5.82 Å². The number of nitrogens with zero attached hydrogens (tertiary/aromatic N) is 1. The second-order valence-electron chi connectivity index (χ2n) is 3.52. The van der Waals surface area contributed by atoms with E-state index in [1.807, 2.05) is 13.8 Å². The molecule has 0 saturated heterocycles. The van der Waals surface area contributed by atoms with Crippen molar-refractivity contribution in [2.75, 3.05) is 0 Å². The summed E-state index contributed by atoms with van der Waals surface area (Å²) in [6.07, 6.45) is 3.35. The number of carbonyl (C=O) groups excluding carboxylic acids is 1. The van der Waals surface area contributed by atoms with E-state index in [4.69, 9.17) is 5.73 Å². The van der Waals surface area contributed by atoms with Gasteiger partial charge in [-0.05, 0) is 5.92 Å². The summed E-state index contributed by atoms with van der Waals surface area (Å²) in [6.45, 7) is 4.22. The topological polar surface area (TPSA) is 83.8 Å². The van der Waals surface area contributed by atoms with Crippen LogP contribution in [0.25, 0.3) is 0 Å². The zero-order valence-corrected chi connectivity index (χ0v) is 8.45. The highest BCUT2D eigenvalue weighted by molar-refractivity contribution is 5.81. The molecule has 1 rings (SSSR count). The SMILES string of the molecule is CC(C)[C@H](N)C(=O)NCc1ncc[nH]1. The molecule has 4 N–H and O–H groups in total. The third-order valence-electron chi connectivity index (χ3n) is 2.01. The first kappa shape index (κ1) is 10.7. The van der Waals surface area contributed by atoms with Crippen LogP contribution in [0.15, 0.2) is 12.4 Å². The molecule has 0 aromatic carbocycles. The summed E-state index contributed by atoms with van der Waals surface area (Å²) < 4.78 is 0. The van der Waals surface area contributed by atoms with Crippen LogP contribution < -0.4 is 11.1 Å². The Bertz CT molecular complexity index is 281. The van der Waals surface area contributed by atoms with E-state index >= 15 is 0 Å². The zero-order chi connectivity index (χ0) is 10.6. The molecule has 0 bridgehead atoms. The number of amides is 1. The summed E-state index contributed by atoms with van der Waals surface area (Å²) in [4.78, 5) is 18.3. The lowest BCUT2D eigenvalue weighted by Crippen LogP contribution is -2.43. The lowest BCUT2D eigenvalue weighted by atomic mass is 10.1. The van der Waals surface area contributed by atoms with Crippen LogP contribution in [0, 0.1) is 5.92 Å². The van der Waals surface area contributed by atoms with Crippen LogP contribution in [0.5, 0.6) is 0 Å². The Kier molecular flexibility index (Phi) is 3.64. The first-order valence-electron chi connectivity index (χ1n) is 4.63. The molecule has 1 amide bonds. The normalized spacial score (nSPS) is 12.9. The van der Waals surface area contributed by atoms with Crippen molar-refractivity contribution in [3.63, 3.8) is 0 Å². The second-order valence-corrected chi connectivity index (χ2v) is 3.52. The van der Waals surface area contributed by atoms with Crippen LogP contribution in [-0.2, 0) is 11.3 Å². The monoisotopic (exact) mass is 196 g/mol. The van der Waals surface area contributed by atoms with E-state index in [0.29, 0.717) is 6.54 Å². The van der Waals surface area contributed by atoms with Gasteiger partial charge in [-0.25, -0.2) is 4.98 Å². The molecule has 0 spiro atoms. The number of hydrogen-bond donors (Lipinski definition) is 3. The smallest absolute Gasteiger partial charge is 0.237 e. The highest BCUT2D eigenvalue weighted by Crippen LogP contribution is 1.98. The Morgan fingerprint density at radius 3 is 2.93 bits per heavy atom. The van der Waals surface area contributed by atoms with E-state index in [9.17, 15) is 4.79 Å². The Hall–Kier alpha value is -1.36. The van der Waals surface area contributed by atoms with Crippen molar-refractivity contribution >= 4 is 5.91 Å². The molecule has 1 heterocycles. The summed E-state index contributed by atoms with van der Waals surface area (Å²) in [6, 6.07) is -0.454. The number of rotatable bonds is 4. The Morgan fingerprint density at radius 2 is 2.43 bits per heavy atom. The van der Waals surface area contributed by atoms with Crippen LogP contribution in [0.3, 0.4) is 0 Å². The Balaban J connectivity index is 2.35. The van der Waals surface area contributed by atoms with Gasteiger partial charge in [-0.2, -0.15) is 0 Å². The average Bonchev–Trinajstić information content (AvgIpc) is 2.65. The minimum Gasteiger partial charge on any atom is -0.348 e. The van der Waals surface area contributed by atoms with Crippen molar-refractivity contribution in [3.05, 3.63) is 18.2 Å². The predicted octanol–water partition coefficient (Wildman–Crippen LogP) is 0.00920. The van der Waals surface area contributed by atoms with Gasteiger partial charge >= 0.3 is 0 Å². The molecule has 1 aromatic heterocycles. The van der Waals surface area contributed by atoms with E-state index in [1.165, 1.54) is 0 Å². The summed E-state index contributed by atoms with van der Waals surface area (Å²) in [5.41, 5.74) is 5.66. The van der Waals surface area contributed by atoms with E-state index in [-0.39, 0.29) is 11.8 Å². The van der Waals surface area contributed by atoms with Crippen molar-refractivity contribution in [2.24, 2.45) is 11.7 Å². The minimum absolute atomic E-state index is 0.142. The van der Waals surface area contributed by atoms with Crippen LogP contribution in [-0.4, -0.2) is 21.9 Å². The van der Waals surface area contributed by atoms with Gasteiger partial charge in [0.2, 0.25) is 5.91 Å². The molecular weight excluding hydrogens is 180 g/mol. The van der Waals surface area contributed by atoms with Gasteiger partial charge in [0.25, 0.3) is 0 Å². The summed E-state index contributed by atoms with van der Waals surface area (Å²) in [7, 11) is 0. The largest absolute Gasteiger partial charge is 0.348 e. The molecule has 0 fully saturated rings. The van der Waals surface area contributed by atoms with Gasteiger partial charge in [0.15, 0.2) is 0 Å². The Labute approximate surface area is 83.1 Å². The van der Waals surface area contributed by atoms with Crippen molar-refractivity contribution in [3.8, 4) is 0 Å². The van der Waals surface area contributed by atoms with Crippen molar-refractivity contribution in [1.29, 1.82) is 0 Å². The number of imidazole rings is 1. The highest BCUT2D eigenvalue weighted by Gasteiger charge is 2.16. The molecule has 5 nitrogen and oxygen atoms in total. The number of H-pyrrole nitrogens is 1. The number of aromatic nitrogens is 2. The van der Waals surface area contributed by atoms with E-state index in [2.05, 4.69) is 15.3 Å². The molecule has 0 aliphatic carbocycles. The van der Waals surface area contributed by atoms with Crippen LogP contribution in [0.4, 0.5) is 0 Å². The summed E-state index contributed by atoms with van der Waals surface area (Å²) >= 11 is 0. The van der Waals surface area contributed by atoms with Gasteiger partial charge in [0, 0.05) is 12.4 Å². The molecule has 1 atom stereocenters. The molecule has 0 saturated carbocycles. The van der Waals surface area contributed by atoms with Crippen molar-refractivity contribution in [1.82, 2.24) is 15.3 Å². The molecule has 5 heteroatoms. The number of aromatic amines is 1. The molecule has 0 unspecified atom stereocenters. The molecular formula is C9H16N4O. The molecule has 0 aliphatic heterocycles. The molecule has 14 heavy (non-hydrogen) atoms. The first-order chi connectivity index (χ1) is 6.61. The fraction of sp³-hybridized carbons (Fsp3) is 0.556. The average molecular weight is 196 g/mol. The van der Waals surface area contributed by atoms with E-state index < -0.39 is 6.04 Å². The summed E-state index contributed by atoms with van der Waals surface area (Å²) in [5, 5.41) is 2.71. The molecule has 1 aromatic rings. The van der Waals surface area contributed by atoms with Gasteiger partial charge in [-0.3, -0.25) is 4.79 Å². The molecule has 0 radical (unpaired) electrons. The number of carbonyl (C=O) groups is 1. The standard InChI is InChI=1S/C9H16N4O/c1-6(2)8(10)9(14)13-5-7-11-3-4-12-7/h3-4,6,8H,5,10H2,1-2H3,(H,11,12)(H,13,14)/t8-/m0/s1. The molecule has 0 aliphatic rings. The maximum Gasteiger partial charge on any atom is 0.237 e. The summed E-state index contributed by atoms with van der Waals surface area (Å²) in [5.74, 6) is 0.734. The third-order valence-corrected chi connectivity index (χ3v) is 2.01. The second kappa shape index (κ2) is 4.76. The van der Waals surface area contributed by atoms with Crippen LogP contribution in [0.2, 0.25) is 0 Å². The lowest BCUT2D eigenvalue weighted by Gasteiger charge is -2.14. The minimum atomic E-state index is -0.454. The maximum atomic E-state index is 11.4. The van der Waals surface area contributed by atoms with Gasteiger partial charge in [-0.1, -0.05) is 13.8 Å². The van der Waals surface area contributed by atoms with E-state index in [1.54, 1.807) is 12.4 Å². The molecule has 78 valence electrons. The van der Waals surface area contributed by atoms with Crippen molar-refractivity contribution in [2.45, 2.75) is 26.4 Å². The van der Waals surface area contributed by atoms with Crippen molar-refractivity contribution < 1.29 is 4.79 Å². The predicted molar refractivity (Wildman–Crippen MR) is 53.2 cm³/mol. The van der Waals surface area contributed by atoms with E-state index in [0.717, 1.165) is 5.82 Å². The highest BCUT2D eigenvalue weighted by atomic mass is 16.2. The van der Waals surface area contributed by atoms with Crippen LogP contribution >= 0.6 is 0 Å². The van der Waals surface area contributed by atoms with Gasteiger partial charge in [0.05, 0.1) is 12.6 Å². The first-order valence-corrected chi connectivity index (χ1v) is 4.63. The third kappa shape index (κ3) is 2.85. The lowest BCUT2D eigenvalue weighted by molar-refractivity contribution is -0.123. The number of nitrogens with one attached hydrogen (secondary N) is 2. The Morgan fingerprint density at radius 1 is 1.71 bits per heavy atom. The van der Waals surface area contributed by atoms with Crippen LogP contribution in [0.1, 0.15) is 19.7 Å². The fourth-order valence-electron chi connectivity index (χ4n) is 0.986. The fourth-order valence-corrected chi connectivity index (χ4v) is 0.986. The maximum absolute atomic E-state index is 11.4. The number of hydrogen-bond acceptors (Lipinski definition) is 3. The zero-order valence-electron chi connectivity index (χ0n) is 8.45. The quantitative estimate of drug-likeness (QED) is 0.634. The van der Waals surface area contributed by atoms with Gasteiger partial charge < -0.3 is 16.0 Å². The number of nitrogens with two attached hydrogens (primary N) is 1. The van der Waals surface area contributed by atoms with Gasteiger partial charge in [-0.15, -0.1) is 0 Å².